The number of alkyl halides is 1. The van der Waals surface area contributed by atoms with Gasteiger partial charge in [-0.25, -0.2) is 4.98 Å². The van der Waals surface area contributed by atoms with E-state index in [2.05, 4.69) is 10.3 Å². The molecule has 5 rings (SSSR count). The molecule has 5 aromatic rings. The number of thiophene rings is 1. The summed E-state index contributed by atoms with van der Waals surface area (Å²) in [6.45, 7) is 1.04. The quantitative estimate of drug-likeness (QED) is 0.158. The lowest BCUT2D eigenvalue weighted by atomic mass is 10.2. The second-order valence-corrected chi connectivity index (χ2v) is 9.95. The first kappa shape index (κ1) is 25.1. The molecule has 37 heavy (non-hydrogen) atoms. The Kier molecular flexibility index (Phi) is 7.65. The highest BCUT2D eigenvalue weighted by molar-refractivity contribution is 7.22. The number of hydrogen-bond acceptors (Lipinski definition) is 6. The van der Waals surface area contributed by atoms with Crippen LogP contribution in [0.15, 0.2) is 83.9 Å². The third-order valence-corrected chi connectivity index (χ3v) is 7.51. The summed E-state index contributed by atoms with van der Waals surface area (Å²) < 4.78 is 13.6. The summed E-state index contributed by atoms with van der Waals surface area (Å²) in [6.07, 6.45) is 1.54. The Hall–Kier alpha value is -3.52. The number of hydrogen-bond donors (Lipinski definition) is 1. The molecule has 0 spiro atoms. The Bertz CT molecular complexity index is 1580. The van der Waals surface area contributed by atoms with Crippen molar-refractivity contribution in [1.29, 1.82) is 0 Å². The second kappa shape index (κ2) is 11.3. The zero-order valence-corrected chi connectivity index (χ0v) is 22.2. The van der Waals surface area contributed by atoms with Gasteiger partial charge < -0.3 is 14.8 Å². The molecule has 0 aliphatic heterocycles. The maximum Gasteiger partial charge on any atom is 0.275 e. The van der Waals surface area contributed by atoms with E-state index in [1.165, 1.54) is 22.2 Å². The van der Waals surface area contributed by atoms with E-state index in [0.717, 1.165) is 21.7 Å². The highest BCUT2D eigenvalue weighted by Crippen LogP contribution is 2.33. The molecule has 9 heteroatoms. The lowest BCUT2D eigenvalue weighted by Gasteiger charge is -2.14. The Morgan fingerprint density at radius 1 is 1.00 bits per heavy atom. The molecular weight excluding hydrogens is 529 g/mol. The average Bonchev–Trinajstić information content (AvgIpc) is 3.37. The molecule has 6 nitrogen and oxygen atoms in total. The van der Waals surface area contributed by atoms with Gasteiger partial charge in [-0.15, -0.1) is 22.9 Å². The van der Waals surface area contributed by atoms with Crippen LogP contribution in [0.5, 0.6) is 11.5 Å². The third-order valence-electron chi connectivity index (χ3n) is 5.79. The molecule has 0 atom stereocenters. The molecule has 0 saturated heterocycles. The molecule has 0 amide bonds. The summed E-state index contributed by atoms with van der Waals surface area (Å²) in [5, 5.41) is 3.98. The van der Waals surface area contributed by atoms with Crippen molar-refractivity contribution in [2.45, 2.75) is 5.88 Å². The maximum absolute atomic E-state index is 13.3. The van der Waals surface area contributed by atoms with Gasteiger partial charge in [0.25, 0.3) is 5.56 Å². The van der Waals surface area contributed by atoms with Crippen LogP contribution in [0.2, 0.25) is 5.02 Å². The molecular formula is C28H23Cl2N3O3S. The topological polar surface area (TPSA) is 65.4 Å². The zero-order chi connectivity index (χ0) is 25.8. The fraction of sp³-hybridized carbons (Fsp3) is 0.143. The molecule has 0 radical (unpaired) electrons. The van der Waals surface area contributed by atoms with Gasteiger partial charge >= 0.3 is 0 Å². The number of rotatable bonds is 9. The van der Waals surface area contributed by atoms with Gasteiger partial charge in [0.1, 0.15) is 17.6 Å². The predicted octanol–water partition coefficient (Wildman–Crippen LogP) is 7.01. The van der Waals surface area contributed by atoms with Gasteiger partial charge in [0.05, 0.1) is 18.3 Å². The van der Waals surface area contributed by atoms with Crippen molar-refractivity contribution in [3.8, 4) is 27.6 Å². The summed E-state index contributed by atoms with van der Waals surface area (Å²) in [7, 11) is 1.57. The van der Waals surface area contributed by atoms with Crippen molar-refractivity contribution in [3.63, 3.8) is 0 Å². The summed E-state index contributed by atoms with van der Waals surface area (Å²) >= 11 is 13.3. The van der Waals surface area contributed by atoms with Crippen LogP contribution in [0.4, 0.5) is 5.69 Å². The van der Waals surface area contributed by atoms with E-state index < -0.39 is 0 Å². The highest BCUT2D eigenvalue weighted by atomic mass is 35.5. The fourth-order valence-corrected chi connectivity index (χ4v) is 5.20. The Morgan fingerprint density at radius 3 is 2.51 bits per heavy atom. The number of ether oxygens (including phenoxy) is 2. The van der Waals surface area contributed by atoms with E-state index in [-0.39, 0.29) is 5.56 Å². The molecule has 2 aromatic heterocycles. The molecule has 0 unspecified atom stereocenters. The second-order valence-electron chi connectivity index (χ2n) is 8.19. The van der Waals surface area contributed by atoms with E-state index in [1.807, 2.05) is 60.7 Å². The number of nitrogens with zero attached hydrogens (tertiary/aromatic N) is 2. The minimum Gasteiger partial charge on any atom is -0.493 e. The standard InChI is InChI=1S/C28H23Cl2N3O3S/c1-35-25-14-22(10-11-24(25)36-13-12-31-21-8-2-18(16-29)3-9-21)33-17-32-23-15-26(37-27(23)28(33)34)19-4-6-20(30)7-5-19/h2-11,14-15,17,31H,12-13,16H2,1H3. The molecule has 3 aromatic carbocycles. The van der Waals surface area contributed by atoms with Gasteiger partial charge in [-0.05, 0) is 53.6 Å². The van der Waals surface area contributed by atoms with Crippen molar-refractivity contribution >= 4 is 50.4 Å². The number of anilines is 1. The van der Waals surface area contributed by atoms with Crippen LogP contribution in [-0.2, 0) is 5.88 Å². The molecule has 0 saturated carbocycles. The number of aromatic nitrogens is 2. The van der Waals surface area contributed by atoms with E-state index in [1.54, 1.807) is 19.2 Å². The van der Waals surface area contributed by atoms with E-state index in [4.69, 9.17) is 32.7 Å². The van der Waals surface area contributed by atoms with Crippen LogP contribution < -0.4 is 20.3 Å². The molecule has 0 bridgehead atoms. The average molecular weight is 552 g/mol. The van der Waals surface area contributed by atoms with Crippen LogP contribution in [0, 0.1) is 0 Å². The molecule has 0 aliphatic rings. The van der Waals surface area contributed by atoms with Gasteiger partial charge in [0.2, 0.25) is 0 Å². The van der Waals surface area contributed by atoms with Crippen molar-refractivity contribution in [1.82, 2.24) is 9.55 Å². The minimum absolute atomic E-state index is 0.143. The van der Waals surface area contributed by atoms with E-state index in [0.29, 0.717) is 51.5 Å². The van der Waals surface area contributed by atoms with Crippen LogP contribution in [0.25, 0.3) is 26.3 Å². The molecule has 0 aliphatic carbocycles. The SMILES string of the molecule is COc1cc(-n2cnc3cc(-c4ccc(Cl)cc4)sc3c2=O)ccc1OCCNc1ccc(CCl)cc1. The molecule has 1 N–H and O–H groups in total. The fourth-order valence-electron chi connectivity index (χ4n) is 3.85. The summed E-state index contributed by atoms with van der Waals surface area (Å²) in [6, 6.07) is 22.8. The monoisotopic (exact) mass is 551 g/mol. The number of fused-ring (bicyclic) bond motifs is 1. The maximum atomic E-state index is 13.3. The smallest absolute Gasteiger partial charge is 0.275 e. The van der Waals surface area contributed by atoms with Crippen LogP contribution in [0.1, 0.15) is 5.56 Å². The van der Waals surface area contributed by atoms with Gasteiger partial charge in [-0.3, -0.25) is 9.36 Å². The highest BCUT2D eigenvalue weighted by Gasteiger charge is 2.14. The lowest BCUT2D eigenvalue weighted by Crippen LogP contribution is -2.18. The zero-order valence-electron chi connectivity index (χ0n) is 19.9. The summed E-state index contributed by atoms with van der Waals surface area (Å²) in [5.41, 5.74) is 4.21. The Labute approximate surface area is 228 Å². The van der Waals surface area contributed by atoms with Crippen molar-refractivity contribution in [3.05, 3.63) is 100 Å². The number of nitrogens with one attached hydrogen (secondary N) is 1. The van der Waals surface area contributed by atoms with Crippen LogP contribution in [-0.4, -0.2) is 29.8 Å². The number of methoxy groups -OCH3 is 1. The largest absolute Gasteiger partial charge is 0.493 e. The molecule has 0 fully saturated rings. The van der Waals surface area contributed by atoms with E-state index in [9.17, 15) is 4.79 Å². The van der Waals surface area contributed by atoms with Crippen molar-refractivity contribution in [2.24, 2.45) is 0 Å². The van der Waals surface area contributed by atoms with Gasteiger partial charge in [-0.1, -0.05) is 35.9 Å². The predicted molar refractivity (Wildman–Crippen MR) is 152 cm³/mol. The first-order valence-corrected chi connectivity index (χ1v) is 13.3. The van der Waals surface area contributed by atoms with Crippen molar-refractivity contribution in [2.75, 3.05) is 25.6 Å². The van der Waals surface area contributed by atoms with Gasteiger partial charge in [0.15, 0.2) is 11.5 Å². The lowest BCUT2D eigenvalue weighted by molar-refractivity contribution is 0.306. The Morgan fingerprint density at radius 2 is 1.78 bits per heavy atom. The first-order chi connectivity index (χ1) is 18.1. The third kappa shape index (κ3) is 5.59. The Balaban J connectivity index is 1.32. The normalized spacial score (nSPS) is 11.0. The van der Waals surface area contributed by atoms with Crippen LogP contribution in [0.3, 0.4) is 0 Å². The minimum atomic E-state index is -0.143. The molecule has 188 valence electrons. The number of benzene rings is 3. The summed E-state index contributed by atoms with van der Waals surface area (Å²) in [4.78, 5) is 18.8. The first-order valence-electron chi connectivity index (χ1n) is 11.5. The van der Waals surface area contributed by atoms with E-state index >= 15 is 0 Å². The van der Waals surface area contributed by atoms with Crippen molar-refractivity contribution < 1.29 is 9.47 Å². The van der Waals surface area contributed by atoms with Crippen LogP contribution >= 0.6 is 34.5 Å². The number of halogens is 2. The molecule has 2 heterocycles. The summed E-state index contributed by atoms with van der Waals surface area (Å²) in [5.74, 6) is 1.62. The van der Waals surface area contributed by atoms with Gasteiger partial charge in [-0.2, -0.15) is 0 Å². The van der Waals surface area contributed by atoms with Gasteiger partial charge in [0, 0.05) is 34.1 Å².